The molecule has 7 heteroatoms. The first-order valence-electron chi connectivity index (χ1n) is 9.42. The lowest BCUT2D eigenvalue weighted by atomic mass is 10.1. The summed E-state index contributed by atoms with van der Waals surface area (Å²) in [5, 5.41) is 4.03. The number of methoxy groups -OCH3 is 1. The number of hydrogen-bond acceptors (Lipinski definition) is 6. The maximum Gasteiger partial charge on any atom is 0.261 e. The van der Waals surface area contributed by atoms with Gasteiger partial charge in [-0.1, -0.05) is 41.1 Å². The highest BCUT2D eigenvalue weighted by Crippen LogP contribution is 2.20. The van der Waals surface area contributed by atoms with Gasteiger partial charge in [-0.05, 0) is 32.9 Å². The van der Waals surface area contributed by atoms with Gasteiger partial charge in [0.2, 0.25) is 11.7 Å². The largest absolute Gasteiger partial charge is 0.497 e. The molecule has 7 nitrogen and oxygen atoms in total. The Labute approximate surface area is 170 Å². The molecule has 29 heavy (non-hydrogen) atoms. The van der Waals surface area contributed by atoms with Crippen LogP contribution in [-0.2, 0) is 11.3 Å². The van der Waals surface area contributed by atoms with Crippen molar-refractivity contribution in [2.24, 2.45) is 0 Å². The molecule has 2 aromatic carbocycles. The van der Waals surface area contributed by atoms with E-state index in [0.717, 1.165) is 11.1 Å². The molecule has 1 aromatic heterocycles. The van der Waals surface area contributed by atoms with Gasteiger partial charge in [0.15, 0.2) is 6.61 Å². The van der Waals surface area contributed by atoms with Gasteiger partial charge in [-0.25, -0.2) is 0 Å². The second kappa shape index (κ2) is 9.23. The lowest BCUT2D eigenvalue weighted by molar-refractivity contribution is -0.136. The minimum Gasteiger partial charge on any atom is -0.497 e. The third kappa shape index (κ3) is 5.34. The average Bonchev–Trinajstić information content (AvgIpc) is 3.19. The molecule has 0 fully saturated rings. The van der Waals surface area contributed by atoms with Crippen molar-refractivity contribution in [3.63, 3.8) is 0 Å². The predicted octanol–water partition coefficient (Wildman–Crippen LogP) is 3.87. The SMILES string of the molecule is COc1cccc(OCC(=O)N(Cc2nc(-c3ccc(C)cc3)no2)C(C)C)c1. The van der Waals surface area contributed by atoms with Crippen LogP contribution in [0.3, 0.4) is 0 Å². The number of ether oxygens (including phenoxy) is 2. The number of aryl methyl sites for hydroxylation is 1. The Morgan fingerprint density at radius 3 is 2.55 bits per heavy atom. The summed E-state index contributed by atoms with van der Waals surface area (Å²) in [4.78, 5) is 18.8. The number of carbonyl (C=O) groups excluding carboxylic acids is 1. The molecule has 0 aliphatic heterocycles. The Kier molecular flexibility index (Phi) is 6.49. The van der Waals surface area contributed by atoms with E-state index in [-0.39, 0.29) is 25.1 Å². The molecular weight excluding hydrogens is 370 g/mol. The molecule has 0 aliphatic rings. The van der Waals surface area contributed by atoms with E-state index in [1.165, 1.54) is 0 Å². The first kappa shape index (κ1) is 20.4. The van der Waals surface area contributed by atoms with Crippen molar-refractivity contribution in [3.05, 3.63) is 60.0 Å². The van der Waals surface area contributed by atoms with E-state index >= 15 is 0 Å². The molecule has 0 N–H and O–H groups in total. The molecule has 0 aliphatic carbocycles. The number of nitrogens with zero attached hydrogens (tertiary/aromatic N) is 3. The maximum absolute atomic E-state index is 12.7. The van der Waals surface area contributed by atoms with Gasteiger partial charge in [-0.15, -0.1) is 0 Å². The Morgan fingerprint density at radius 2 is 1.86 bits per heavy atom. The quantitative estimate of drug-likeness (QED) is 0.576. The molecule has 3 rings (SSSR count). The third-order valence-corrected chi connectivity index (χ3v) is 4.43. The summed E-state index contributed by atoms with van der Waals surface area (Å²) in [7, 11) is 1.58. The monoisotopic (exact) mass is 395 g/mol. The van der Waals surface area contributed by atoms with Gasteiger partial charge in [0.25, 0.3) is 5.91 Å². The Morgan fingerprint density at radius 1 is 1.14 bits per heavy atom. The predicted molar refractivity (Wildman–Crippen MR) is 109 cm³/mol. The smallest absolute Gasteiger partial charge is 0.261 e. The molecule has 3 aromatic rings. The Hall–Kier alpha value is -3.35. The molecule has 0 saturated carbocycles. The van der Waals surface area contributed by atoms with Crippen LogP contribution in [0.15, 0.2) is 53.1 Å². The number of carbonyl (C=O) groups is 1. The van der Waals surface area contributed by atoms with Gasteiger partial charge < -0.3 is 18.9 Å². The number of benzene rings is 2. The molecule has 0 atom stereocenters. The van der Waals surface area contributed by atoms with Crippen molar-refractivity contribution < 1.29 is 18.8 Å². The Balaban J connectivity index is 1.65. The minimum atomic E-state index is -0.169. The zero-order chi connectivity index (χ0) is 20.8. The van der Waals surface area contributed by atoms with Crippen LogP contribution in [0.5, 0.6) is 11.5 Å². The van der Waals surface area contributed by atoms with Gasteiger partial charge in [0, 0.05) is 17.7 Å². The fourth-order valence-electron chi connectivity index (χ4n) is 2.76. The highest BCUT2D eigenvalue weighted by molar-refractivity contribution is 5.78. The van der Waals surface area contributed by atoms with E-state index in [0.29, 0.717) is 23.2 Å². The first-order chi connectivity index (χ1) is 14.0. The van der Waals surface area contributed by atoms with Crippen LogP contribution in [0.1, 0.15) is 25.3 Å². The van der Waals surface area contributed by atoms with Crippen molar-refractivity contribution in [2.45, 2.75) is 33.4 Å². The molecule has 1 heterocycles. The van der Waals surface area contributed by atoms with Crippen LogP contribution in [0.25, 0.3) is 11.4 Å². The summed E-state index contributed by atoms with van der Waals surface area (Å²) in [6, 6.07) is 15.0. The van der Waals surface area contributed by atoms with Crippen molar-refractivity contribution in [2.75, 3.05) is 13.7 Å². The van der Waals surface area contributed by atoms with Gasteiger partial charge in [0.05, 0.1) is 7.11 Å². The number of rotatable bonds is 8. The van der Waals surface area contributed by atoms with E-state index in [4.69, 9.17) is 14.0 Å². The molecule has 152 valence electrons. The summed E-state index contributed by atoms with van der Waals surface area (Å²) < 4.78 is 16.2. The van der Waals surface area contributed by atoms with E-state index in [1.807, 2.05) is 57.2 Å². The number of hydrogen-bond donors (Lipinski definition) is 0. The molecule has 0 radical (unpaired) electrons. The molecule has 1 amide bonds. The van der Waals surface area contributed by atoms with E-state index in [2.05, 4.69) is 10.1 Å². The van der Waals surface area contributed by atoms with Crippen LogP contribution >= 0.6 is 0 Å². The van der Waals surface area contributed by atoms with Crippen LogP contribution in [-0.4, -0.2) is 40.7 Å². The lowest BCUT2D eigenvalue weighted by Gasteiger charge is -2.25. The minimum absolute atomic E-state index is 0.0499. The highest BCUT2D eigenvalue weighted by Gasteiger charge is 2.21. The normalized spacial score (nSPS) is 10.8. The molecule has 0 unspecified atom stereocenters. The van der Waals surface area contributed by atoms with Crippen LogP contribution in [0.4, 0.5) is 0 Å². The molecule has 0 bridgehead atoms. The third-order valence-electron chi connectivity index (χ3n) is 4.43. The summed E-state index contributed by atoms with van der Waals surface area (Å²) in [6.07, 6.45) is 0. The van der Waals surface area contributed by atoms with Crippen molar-refractivity contribution >= 4 is 5.91 Å². The first-order valence-corrected chi connectivity index (χ1v) is 9.42. The van der Waals surface area contributed by atoms with E-state index < -0.39 is 0 Å². The van der Waals surface area contributed by atoms with E-state index in [1.54, 1.807) is 24.1 Å². The summed E-state index contributed by atoms with van der Waals surface area (Å²) in [5.74, 6) is 1.96. The summed E-state index contributed by atoms with van der Waals surface area (Å²) in [6.45, 7) is 6.01. The second-order valence-corrected chi connectivity index (χ2v) is 6.96. The van der Waals surface area contributed by atoms with Crippen LogP contribution in [0, 0.1) is 6.92 Å². The fraction of sp³-hybridized carbons (Fsp3) is 0.318. The second-order valence-electron chi connectivity index (χ2n) is 6.96. The van der Waals surface area contributed by atoms with Gasteiger partial charge in [0.1, 0.15) is 18.0 Å². The number of aromatic nitrogens is 2. The van der Waals surface area contributed by atoms with Crippen molar-refractivity contribution in [1.29, 1.82) is 0 Å². The number of amides is 1. The zero-order valence-electron chi connectivity index (χ0n) is 17.1. The zero-order valence-corrected chi connectivity index (χ0v) is 17.1. The highest BCUT2D eigenvalue weighted by atomic mass is 16.5. The fourth-order valence-corrected chi connectivity index (χ4v) is 2.76. The van der Waals surface area contributed by atoms with Crippen LogP contribution in [0.2, 0.25) is 0 Å². The lowest BCUT2D eigenvalue weighted by Crippen LogP contribution is -2.39. The van der Waals surface area contributed by atoms with E-state index in [9.17, 15) is 4.79 Å². The van der Waals surface area contributed by atoms with Crippen molar-refractivity contribution in [1.82, 2.24) is 15.0 Å². The molecule has 0 spiro atoms. The average molecular weight is 395 g/mol. The maximum atomic E-state index is 12.7. The summed E-state index contributed by atoms with van der Waals surface area (Å²) >= 11 is 0. The standard InChI is InChI=1S/C22H25N3O4/c1-15(2)25(21(26)14-28-19-7-5-6-18(12-19)27-4)13-20-23-22(24-29-20)17-10-8-16(3)9-11-17/h5-12,15H,13-14H2,1-4H3. The molecule has 0 saturated heterocycles. The van der Waals surface area contributed by atoms with Crippen molar-refractivity contribution in [3.8, 4) is 22.9 Å². The Bertz CT molecular complexity index is 951. The van der Waals surface area contributed by atoms with Gasteiger partial charge in [-0.2, -0.15) is 4.98 Å². The van der Waals surface area contributed by atoms with Gasteiger partial charge in [-0.3, -0.25) is 4.79 Å². The summed E-state index contributed by atoms with van der Waals surface area (Å²) in [5.41, 5.74) is 2.03. The van der Waals surface area contributed by atoms with Crippen LogP contribution < -0.4 is 9.47 Å². The van der Waals surface area contributed by atoms with Gasteiger partial charge >= 0.3 is 0 Å². The molecular formula is C22H25N3O4. The topological polar surface area (TPSA) is 77.7 Å².